The Morgan fingerprint density at radius 2 is 1.71 bits per heavy atom. The predicted octanol–water partition coefficient (Wildman–Crippen LogP) is 0.349. The molecule has 16 heteroatoms. The molecule has 268 valence electrons. The molecule has 0 unspecified atom stereocenters. The lowest BCUT2D eigenvalue weighted by molar-refractivity contribution is -0.127. The highest BCUT2D eigenvalue weighted by Crippen LogP contribution is 2.40. The summed E-state index contributed by atoms with van der Waals surface area (Å²) in [4.78, 5) is 55.9. The zero-order valence-electron chi connectivity index (χ0n) is 27.9. The first kappa shape index (κ1) is 35.4. The first-order valence-corrected chi connectivity index (χ1v) is 16.7. The summed E-state index contributed by atoms with van der Waals surface area (Å²) in [5.74, 6) is -1.96. The van der Waals surface area contributed by atoms with E-state index in [1.165, 1.54) is 12.1 Å². The van der Waals surface area contributed by atoms with Crippen molar-refractivity contribution in [1.29, 1.82) is 0 Å². The Labute approximate surface area is 292 Å². The van der Waals surface area contributed by atoms with Gasteiger partial charge in [-0.15, -0.1) is 0 Å². The number of H-pyrrole nitrogens is 1. The van der Waals surface area contributed by atoms with Crippen LogP contribution in [0.3, 0.4) is 0 Å². The van der Waals surface area contributed by atoms with Crippen molar-refractivity contribution in [3.8, 4) is 0 Å². The third-order valence-electron chi connectivity index (χ3n) is 8.75. The van der Waals surface area contributed by atoms with E-state index in [1.54, 1.807) is 42.6 Å². The summed E-state index contributed by atoms with van der Waals surface area (Å²) in [5.41, 5.74) is 8.53. The first-order chi connectivity index (χ1) is 24.7. The maximum absolute atomic E-state index is 14.5. The zero-order chi connectivity index (χ0) is 35.8. The Bertz CT molecular complexity index is 1960. The number of aromatic amines is 1. The van der Waals surface area contributed by atoms with E-state index in [0.29, 0.717) is 40.9 Å². The highest BCUT2D eigenvalue weighted by atomic mass is 19.1. The molecule has 2 fully saturated rings. The van der Waals surface area contributed by atoms with Crippen molar-refractivity contribution in [1.82, 2.24) is 36.4 Å². The molecule has 1 spiro atoms. The van der Waals surface area contributed by atoms with Crippen LogP contribution in [0.1, 0.15) is 32.1 Å². The fourth-order valence-electron chi connectivity index (χ4n) is 6.01. The van der Waals surface area contributed by atoms with Crippen LogP contribution in [0.4, 0.5) is 15.8 Å². The molecule has 0 atom stereocenters. The van der Waals surface area contributed by atoms with Gasteiger partial charge in [-0.2, -0.15) is 5.10 Å². The number of benzene rings is 2. The normalized spacial score (nSPS) is 14.5. The molecule has 0 bridgehead atoms. The number of nitrogens with two attached hydrogens (primary N) is 1. The number of ether oxygens (including phenoxy) is 2. The predicted molar refractivity (Wildman–Crippen MR) is 187 cm³/mol. The number of hydrogen-bond donors (Lipinski definition) is 6. The summed E-state index contributed by atoms with van der Waals surface area (Å²) in [5, 5.41) is 18.8. The van der Waals surface area contributed by atoms with E-state index in [0.717, 1.165) is 32.0 Å². The number of anilines is 2. The van der Waals surface area contributed by atoms with Crippen molar-refractivity contribution in [2.24, 2.45) is 5.41 Å². The SMILES string of the molecule is Nc1cc(N2CC3(COC3)C2)cnc1C(=O)NCCOCCNCC(=O)NCCNC(=O)c1cc(Cc2n[nH]c(=O)c3ccccc23)ccc1F. The van der Waals surface area contributed by atoms with Crippen molar-refractivity contribution < 1.29 is 28.2 Å². The van der Waals surface area contributed by atoms with E-state index in [-0.39, 0.29) is 73.3 Å². The first-order valence-electron chi connectivity index (χ1n) is 16.7. The number of pyridine rings is 1. The van der Waals surface area contributed by atoms with Crippen LogP contribution in [-0.4, -0.2) is 105 Å². The van der Waals surface area contributed by atoms with Crippen LogP contribution in [-0.2, 0) is 20.7 Å². The van der Waals surface area contributed by atoms with Crippen molar-refractivity contribution in [3.05, 3.63) is 93.4 Å². The fourth-order valence-corrected chi connectivity index (χ4v) is 6.01. The van der Waals surface area contributed by atoms with Gasteiger partial charge in [0.05, 0.1) is 72.6 Å². The molecule has 0 radical (unpaired) electrons. The number of hydrogen-bond acceptors (Lipinski definition) is 11. The summed E-state index contributed by atoms with van der Waals surface area (Å²) >= 11 is 0. The average molecular weight is 702 g/mol. The number of halogens is 1. The molecule has 7 N–H and O–H groups in total. The Kier molecular flexibility index (Phi) is 11.1. The molecule has 4 aromatic rings. The number of nitrogen functional groups attached to an aromatic ring is 1. The minimum Gasteiger partial charge on any atom is -0.397 e. The molecular formula is C35H40FN9O6. The molecule has 6 rings (SSSR count). The molecule has 3 amide bonds. The summed E-state index contributed by atoms with van der Waals surface area (Å²) in [7, 11) is 0. The van der Waals surface area contributed by atoms with Gasteiger partial charge < -0.3 is 41.4 Å². The Hall–Kier alpha value is -5.45. The van der Waals surface area contributed by atoms with Gasteiger partial charge in [-0.3, -0.25) is 19.2 Å². The lowest BCUT2D eigenvalue weighted by Crippen LogP contribution is -2.66. The Morgan fingerprint density at radius 1 is 0.961 bits per heavy atom. The lowest BCUT2D eigenvalue weighted by Gasteiger charge is -2.55. The minimum absolute atomic E-state index is 0.0331. The van der Waals surface area contributed by atoms with Crippen LogP contribution in [0.25, 0.3) is 10.8 Å². The zero-order valence-corrected chi connectivity index (χ0v) is 27.9. The minimum atomic E-state index is -0.680. The quantitative estimate of drug-likeness (QED) is 0.0880. The summed E-state index contributed by atoms with van der Waals surface area (Å²) in [6.07, 6.45) is 1.94. The van der Waals surface area contributed by atoms with Gasteiger partial charge >= 0.3 is 0 Å². The van der Waals surface area contributed by atoms with Gasteiger partial charge in [-0.1, -0.05) is 24.3 Å². The second kappa shape index (κ2) is 16.1. The van der Waals surface area contributed by atoms with Crippen LogP contribution >= 0.6 is 0 Å². The standard InChI is InChI=1S/C35H40FN9O6/c36-27-6-5-22(14-29-24-3-1-2-4-25(24)33(48)44-43-29)13-26(27)32(47)40-8-7-39-30(46)17-38-9-11-50-12-10-41-34(49)31-28(37)15-23(16-42-31)45-18-35(19-45)20-51-21-35/h1-6,13,15-16,38H,7-12,14,17-21,37H2,(H,39,46)(H,40,47)(H,41,49)(H,44,48). The Balaban J connectivity index is 0.817. The molecule has 51 heavy (non-hydrogen) atoms. The van der Waals surface area contributed by atoms with E-state index in [9.17, 15) is 23.6 Å². The third kappa shape index (κ3) is 8.65. The fraction of sp³-hybridized carbons (Fsp3) is 0.371. The van der Waals surface area contributed by atoms with E-state index in [2.05, 4.69) is 41.3 Å². The molecule has 0 saturated carbocycles. The second-order valence-electron chi connectivity index (χ2n) is 12.7. The van der Waals surface area contributed by atoms with Crippen molar-refractivity contribution in [2.75, 3.05) is 82.9 Å². The summed E-state index contributed by atoms with van der Waals surface area (Å²) in [6, 6.07) is 13.0. The van der Waals surface area contributed by atoms with Gasteiger partial charge in [-0.25, -0.2) is 14.5 Å². The molecule has 2 aliphatic rings. The lowest BCUT2D eigenvalue weighted by atomic mass is 9.78. The number of aromatic nitrogens is 3. The summed E-state index contributed by atoms with van der Waals surface area (Å²) in [6.45, 7) is 4.88. The van der Waals surface area contributed by atoms with E-state index >= 15 is 0 Å². The number of carbonyl (C=O) groups is 3. The van der Waals surface area contributed by atoms with Gasteiger partial charge in [0.1, 0.15) is 5.82 Å². The molecule has 0 aliphatic carbocycles. The van der Waals surface area contributed by atoms with Gasteiger partial charge in [0.15, 0.2) is 5.69 Å². The monoisotopic (exact) mass is 701 g/mol. The maximum atomic E-state index is 14.5. The van der Waals surface area contributed by atoms with E-state index in [1.807, 2.05) is 0 Å². The largest absolute Gasteiger partial charge is 0.397 e. The molecular weight excluding hydrogens is 661 g/mol. The molecule has 2 saturated heterocycles. The van der Waals surface area contributed by atoms with Gasteiger partial charge in [0.25, 0.3) is 17.4 Å². The van der Waals surface area contributed by atoms with Gasteiger partial charge in [-0.05, 0) is 29.8 Å². The van der Waals surface area contributed by atoms with E-state index in [4.69, 9.17) is 15.2 Å². The van der Waals surface area contributed by atoms with E-state index < -0.39 is 11.7 Å². The van der Waals surface area contributed by atoms with Crippen molar-refractivity contribution in [2.45, 2.75) is 6.42 Å². The van der Waals surface area contributed by atoms with Crippen LogP contribution in [0.5, 0.6) is 0 Å². The van der Waals surface area contributed by atoms with Crippen LogP contribution in [0, 0.1) is 11.2 Å². The molecule has 15 nitrogen and oxygen atoms in total. The second-order valence-corrected chi connectivity index (χ2v) is 12.7. The molecule has 2 aromatic carbocycles. The number of amides is 3. The maximum Gasteiger partial charge on any atom is 0.272 e. The number of nitrogens with one attached hydrogen (secondary N) is 5. The molecule has 2 aliphatic heterocycles. The van der Waals surface area contributed by atoms with Gasteiger partial charge in [0.2, 0.25) is 5.91 Å². The Morgan fingerprint density at radius 3 is 2.47 bits per heavy atom. The third-order valence-corrected chi connectivity index (χ3v) is 8.75. The van der Waals surface area contributed by atoms with Crippen LogP contribution in [0.2, 0.25) is 0 Å². The van der Waals surface area contributed by atoms with Crippen molar-refractivity contribution >= 4 is 39.9 Å². The highest BCUT2D eigenvalue weighted by Gasteiger charge is 2.49. The molecule has 4 heterocycles. The van der Waals surface area contributed by atoms with Crippen LogP contribution < -0.4 is 37.5 Å². The van der Waals surface area contributed by atoms with Crippen molar-refractivity contribution in [3.63, 3.8) is 0 Å². The smallest absolute Gasteiger partial charge is 0.272 e. The van der Waals surface area contributed by atoms with Gasteiger partial charge in [0, 0.05) is 51.1 Å². The topological polar surface area (TPSA) is 206 Å². The van der Waals surface area contributed by atoms with Crippen LogP contribution in [0.15, 0.2) is 59.5 Å². The number of carbonyl (C=O) groups excluding carboxylic acids is 3. The number of rotatable bonds is 16. The highest BCUT2D eigenvalue weighted by molar-refractivity contribution is 5.97. The average Bonchev–Trinajstić information content (AvgIpc) is 3.08. The summed E-state index contributed by atoms with van der Waals surface area (Å²) < 4.78 is 25.3. The molecule has 2 aromatic heterocycles. The number of nitrogens with zero attached hydrogens (tertiary/aromatic N) is 3. The number of fused-ring (bicyclic) bond motifs is 1.